The third kappa shape index (κ3) is 4.62. The lowest BCUT2D eigenvalue weighted by atomic mass is 10.0. The molecule has 0 aliphatic heterocycles. The van der Waals surface area contributed by atoms with E-state index in [1.165, 1.54) is 6.07 Å². The average Bonchev–Trinajstić information content (AvgIpc) is 2.78. The Morgan fingerprint density at radius 3 is 2.47 bits per heavy atom. The van der Waals surface area contributed by atoms with E-state index in [9.17, 15) is 9.59 Å². The largest absolute Gasteiger partial charge is 0.484 e. The summed E-state index contributed by atoms with van der Waals surface area (Å²) in [6, 6.07) is 25.6. The summed E-state index contributed by atoms with van der Waals surface area (Å²) in [6.45, 7) is -0.222. The summed E-state index contributed by atoms with van der Waals surface area (Å²) in [6.07, 6.45) is 1.55. The molecule has 0 bridgehead atoms. The Labute approximate surface area is 172 Å². The van der Waals surface area contributed by atoms with Gasteiger partial charge in [0.05, 0.1) is 6.21 Å². The molecule has 0 radical (unpaired) electrons. The minimum Gasteiger partial charge on any atom is -0.484 e. The van der Waals surface area contributed by atoms with Crippen molar-refractivity contribution in [3.8, 4) is 16.9 Å². The second-order valence-corrected chi connectivity index (χ2v) is 6.50. The lowest BCUT2D eigenvalue weighted by molar-refractivity contribution is -0.123. The quantitative estimate of drug-likeness (QED) is 0.303. The van der Waals surface area contributed by atoms with E-state index in [1.54, 1.807) is 24.4 Å². The Balaban J connectivity index is 1.46. The summed E-state index contributed by atoms with van der Waals surface area (Å²) in [5.41, 5.74) is 4.92. The van der Waals surface area contributed by atoms with Gasteiger partial charge in [-0.1, -0.05) is 60.7 Å². The lowest BCUT2D eigenvalue weighted by Crippen LogP contribution is -2.24. The van der Waals surface area contributed by atoms with Gasteiger partial charge in [-0.15, -0.1) is 0 Å². The van der Waals surface area contributed by atoms with E-state index < -0.39 is 11.5 Å². The van der Waals surface area contributed by atoms with Crippen LogP contribution in [0.2, 0.25) is 0 Å². The zero-order valence-corrected chi connectivity index (χ0v) is 15.9. The molecule has 6 nitrogen and oxygen atoms in total. The van der Waals surface area contributed by atoms with Crippen LogP contribution in [0.4, 0.5) is 0 Å². The molecule has 0 saturated carbocycles. The molecule has 0 spiro atoms. The number of hydrogen-bond donors (Lipinski definition) is 1. The van der Waals surface area contributed by atoms with Crippen LogP contribution in [0.1, 0.15) is 5.56 Å². The first-order valence-electron chi connectivity index (χ1n) is 9.32. The number of benzene rings is 3. The molecular weight excluding hydrogens is 380 g/mol. The predicted octanol–water partition coefficient (Wildman–Crippen LogP) is 3.99. The summed E-state index contributed by atoms with van der Waals surface area (Å²) in [5.74, 6) is 0.0137. The van der Waals surface area contributed by atoms with Gasteiger partial charge in [-0.05, 0) is 28.8 Å². The second-order valence-electron chi connectivity index (χ2n) is 6.50. The summed E-state index contributed by atoms with van der Waals surface area (Å²) in [5, 5.41) is 4.68. The maximum atomic E-state index is 12.0. The van der Waals surface area contributed by atoms with Crippen LogP contribution >= 0.6 is 0 Å². The van der Waals surface area contributed by atoms with E-state index >= 15 is 0 Å². The van der Waals surface area contributed by atoms with Crippen molar-refractivity contribution in [1.29, 1.82) is 0 Å². The van der Waals surface area contributed by atoms with E-state index in [1.807, 2.05) is 60.7 Å². The summed E-state index contributed by atoms with van der Waals surface area (Å²) in [4.78, 5) is 23.9. The van der Waals surface area contributed by atoms with Crippen LogP contribution < -0.4 is 15.8 Å². The fraction of sp³-hybridized carbons (Fsp3) is 0.0417. The molecule has 0 fully saturated rings. The number of hydrazone groups is 1. The molecule has 30 heavy (non-hydrogen) atoms. The van der Waals surface area contributed by atoms with Gasteiger partial charge in [0.25, 0.3) is 5.91 Å². The third-order valence-electron chi connectivity index (χ3n) is 4.37. The SMILES string of the molecule is O=C(COc1ccc2c(-c3ccccc3)cc(=O)oc2c1)N/N=C/c1ccccc1. The van der Waals surface area contributed by atoms with Crippen molar-refractivity contribution >= 4 is 23.1 Å². The second kappa shape index (κ2) is 8.87. The number of amides is 1. The van der Waals surface area contributed by atoms with E-state index in [-0.39, 0.29) is 6.61 Å². The van der Waals surface area contributed by atoms with Gasteiger partial charge in [0.1, 0.15) is 11.3 Å². The molecule has 1 heterocycles. The number of nitrogens with zero attached hydrogens (tertiary/aromatic N) is 1. The fourth-order valence-corrected chi connectivity index (χ4v) is 2.99. The van der Waals surface area contributed by atoms with Crippen molar-refractivity contribution in [2.75, 3.05) is 6.61 Å². The molecule has 1 aromatic heterocycles. The van der Waals surface area contributed by atoms with Crippen LogP contribution in [0, 0.1) is 0 Å². The van der Waals surface area contributed by atoms with Gasteiger partial charge in [0, 0.05) is 17.5 Å². The van der Waals surface area contributed by atoms with Crippen LogP contribution in [0.25, 0.3) is 22.1 Å². The first-order valence-corrected chi connectivity index (χ1v) is 9.32. The maximum absolute atomic E-state index is 12.0. The highest BCUT2D eigenvalue weighted by molar-refractivity contribution is 5.93. The highest BCUT2D eigenvalue weighted by Gasteiger charge is 2.10. The standard InChI is InChI=1S/C24H18N2O4/c27-23(26-25-15-17-7-3-1-4-8-17)16-29-19-11-12-20-21(18-9-5-2-6-10-18)14-24(28)30-22(20)13-19/h1-15H,16H2,(H,26,27)/b25-15+. The number of rotatable bonds is 6. The zero-order chi connectivity index (χ0) is 20.8. The summed E-state index contributed by atoms with van der Waals surface area (Å²) < 4.78 is 10.8. The van der Waals surface area contributed by atoms with E-state index in [0.717, 1.165) is 22.1 Å². The first-order chi connectivity index (χ1) is 14.7. The Bertz CT molecular complexity index is 1250. The van der Waals surface area contributed by atoms with Gasteiger partial charge in [0.15, 0.2) is 6.61 Å². The molecule has 0 unspecified atom stereocenters. The van der Waals surface area contributed by atoms with Gasteiger partial charge < -0.3 is 9.15 Å². The van der Waals surface area contributed by atoms with Crippen molar-refractivity contribution in [2.45, 2.75) is 0 Å². The molecular formula is C24H18N2O4. The highest BCUT2D eigenvalue weighted by Crippen LogP contribution is 2.29. The molecule has 0 saturated heterocycles. The van der Waals surface area contributed by atoms with Crippen molar-refractivity contribution in [3.63, 3.8) is 0 Å². The first kappa shape index (κ1) is 19.1. The Morgan fingerprint density at radius 1 is 0.967 bits per heavy atom. The van der Waals surface area contributed by atoms with E-state index in [4.69, 9.17) is 9.15 Å². The highest BCUT2D eigenvalue weighted by atomic mass is 16.5. The number of carbonyl (C=O) groups is 1. The molecule has 0 aliphatic carbocycles. The van der Waals surface area contributed by atoms with Gasteiger partial charge in [-0.2, -0.15) is 5.10 Å². The number of ether oxygens (including phenoxy) is 1. The van der Waals surface area contributed by atoms with Gasteiger partial charge in [-0.3, -0.25) is 4.79 Å². The Morgan fingerprint density at radius 2 is 1.70 bits per heavy atom. The van der Waals surface area contributed by atoms with Crippen LogP contribution in [0.5, 0.6) is 5.75 Å². The maximum Gasteiger partial charge on any atom is 0.336 e. The molecule has 6 heteroatoms. The number of nitrogens with one attached hydrogen (secondary N) is 1. The van der Waals surface area contributed by atoms with E-state index in [0.29, 0.717) is 11.3 Å². The third-order valence-corrected chi connectivity index (χ3v) is 4.37. The van der Waals surface area contributed by atoms with Crippen LogP contribution in [-0.4, -0.2) is 18.7 Å². The van der Waals surface area contributed by atoms with Crippen molar-refractivity contribution in [1.82, 2.24) is 5.43 Å². The van der Waals surface area contributed by atoms with Crippen molar-refractivity contribution < 1.29 is 13.9 Å². The van der Waals surface area contributed by atoms with Crippen LogP contribution in [0.15, 0.2) is 99.2 Å². The molecule has 1 amide bonds. The molecule has 0 atom stereocenters. The number of hydrogen-bond acceptors (Lipinski definition) is 5. The Hall–Kier alpha value is -4.19. The Kier molecular flexibility index (Phi) is 5.66. The van der Waals surface area contributed by atoms with Gasteiger partial charge in [-0.25, -0.2) is 10.2 Å². The topological polar surface area (TPSA) is 80.9 Å². The molecule has 4 rings (SSSR count). The molecule has 0 aliphatic rings. The molecule has 3 aromatic carbocycles. The number of fused-ring (bicyclic) bond motifs is 1. The summed E-state index contributed by atoms with van der Waals surface area (Å²) >= 11 is 0. The minimum atomic E-state index is -0.452. The number of carbonyl (C=O) groups excluding carboxylic acids is 1. The van der Waals surface area contributed by atoms with Crippen LogP contribution in [0.3, 0.4) is 0 Å². The molecule has 148 valence electrons. The van der Waals surface area contributed by atoms with Crippen molar-refractivity contribution in [2.24, 2.45) is 5.10 Å². The lowest BCUT2D eigenvalue weighted by Gasteiger charge is -2.08. The zero-order valence-electron chi connectivity index (χ0n) is 15.9. The predicted molar refractivity (Wildman–Crippen MR) is 116 cm³/mol. The van der Waals surface area contributed by atoms with Gasteiger partial charge in [0.2, 0.25) is 0 Å². The fourth-order valence-electron chi connectivity index (χ4n) is 2.99. The average molecular weight is 398 g/mol. The summed E-state index contributed by atoms with van der Waals surface area (Å²) in [7, 11) is 0. The van der Waals surface area contributed by atoms with Crippen LogP contribution in [-0.2, 0) is 4.79 Å². The minimum absolute atomic E-state index is 0.222. The molecule has 4 aromatic rings. The van der Waals surface area contributed by atoms with Crippen molar-refractivity contribution in [3.05, 3.63) is 101 Å². The van der Waals surface area contributed by atoms with Gasteiger partial charge >= 0.3 is 5.63 Å². The monoisotopic (exact) mass is 398 g/mol. The smallest absolute Gasteiger partial charge is 0.336 e. The molecule has 1 N–H and O–H groups in total. The van der Waals surface area contributed by atoms with E-state index in [2.05, 4.69) is 10.5 Å². The normalized spacial score (nSPS) is 10.9.